The average molecular weight is 350 g/mol. The highest BCUT2D eigenvalue weighted by atomic mass is 32.2. The molecule has 0 bridgehead atoms. The van der Waals surface area contributed by atoms with Crippen molar-refractivity contribution in [1.29, 1.82) is 0 Å². The average Bonchev–Trinajstić information content (AvgIpc) is 3.09. The molecule has 3 rings (SSSR count). The fraction of sp³-hybridized carbons (Fsp3) is 0.312. The predicted molar refractivity (Wildman–Crippen MR) is 87.4 cm³/mol. The Balaban J connectivity index is 1.74. The van der Waals surface area contributed by atoms with Gasteiger partial charge in [0.2, 0.25) is 5.09 Å². The van der Waals surface area contributed by atoms with E-state index in [-0.39, 0.29) is 23.9 Å². The Morgan fingerprint density at radius 3 is 2.42 bits per heavy atom. The van der Waals surface area contributed by atoms with Crippen molar-refractivity contribution in [2.24, 2.45) is 0 Å². The molecule has 1 aromatic carbocycles. The van der Waals surface area contributed by atoms with Crippen LogP contribution in [0.25, 0.3) is 0 Å². The molecule has 2 heterocycles. The number of hydrogen-bond donors (Lipinski definition) is 1. The van der Waals surface area contributed by atoms with Gasteiger partial charge in [-0.25, -0.2) is 8.42 Å². The number of nitrogens with zero attached hydrogens (tertiary/aromatic N) is 1. The topological polar surface area (TPSA) is 88.9 Å². The van der Waals surface area contributed by atoms with Gasteiger partial charge in [0, 0.05) is 18.8 Å². The van der Waals surface area contributed by atoms with Crippen molar-refractivity contribution in [3.63, 3.8) is 0 Å². The number of carbonyl (C=O) groups is 1. The van der Waals surface area contributed by atoms with Gasteiger partial charge in [-0.15, -0.1) is 0 Å². The zero-order chi connectivity index (χ0) is 17.2. The maximum atomic E-state index is 12.5. The highest BCUT2D eigenvalue weighted by molar-refractivity contribution is 7.89. The maximum Gasteiger partial charge on any atom is 0.291 e. The number of ether oxygens (including phenoxy) is 1. The van der Waals surface area contributed by atoms with Crippen LogP contribution in [0, 0.1) is 6.92 Å². The number of rotatable bonds is 4. The molecule has 2 aromatic rings. The molecule has 0 atom stereocenters. The number of carbonyl (C=O) groups excluding carboxylic acids is 1. The normalized spacial score (nSPS) is 16.0. The van der Waals surface area contributed by atoms with Gasteiger partial charge in [0.15, 0.2) is 5.76 Å². The Labute approximate surface area is 140 Å². The predicted octanol–water partition coefficient (Wildman–Crippen LogP) is 1.86. The molecule has 1 N–H and O–H groups in total. The third-order valence-corrected chi connectivity index (χ3v) is 5.45. The van der Waals surface area contributed by atoms with Crippen LogP contribution in [-0.2, 0) is 14.8 Å². The summed E-state index contributed by atoms with van der Waals surface area (Å²) >= 11 is 0. The van der Waals surface area contributed by atoms with Crippen LogP contribution < -0.4 is 5.32 Å². The van der Waals surface area contributed by atoms with E-state index in [1.54, 1.807) is 12.1 Å². The minimum Gasteiger partial charge on any atom is -0.438 e. The molecule has 1 saturated heterocycles. The summed E-state index contributed by atoms with van der Waals surface area (Å²) < 4.78 is 36.6. The second-order valence-electron chi connectivity index (χ2n) is 5.46. The first kappa shape index (κ1) is 16.7. The van der Waals surface area contributed by atoms with E-state index in [0.717, 1.165) is 5.56 Å². The number of anilines is 1. The van der Waals surface area contributed by atoms with Gasteiger partial charge in [-0.05, 0) is 31.2 Å². The lowest BCUT2D eigenvalue weighted by molar-refractivity contribution is 0.0723. The highest BCUT2D eigenvalue weighted by Gasteiger charge is 2.30. The Hall–Kier alpha value is -2.16. The summed E-state index contributed by atoms with van der Waals surface area (Å²) in [5.74, 6) is -0.551. The van der Waals surface area contributed by atoms with Crippen molar-refractivity contribution < 1.29 is 22.4 Å². The number of amides is 1. The smallest absolute Gasteiger partial charge is 0.291 e. The number of hydrogen-bond acceptors (Lipinski definition) is 5. The molecule has 24 heavy (non-hydrogen) atoms. The molecule has 0 aliphatic carbocycles. The van der Waals surface area contributed by atoms with E-state index < -0.39 is 15.9 Å². The van der Waals surface area contributed by atoms with Gasteiger partial charge in [-0.1, -0.05) is 17.7 Å². The van der Waals surface area contributed by atoms with E-state index in [1.807, 2.05) is 19.1 Å². The Bertz CT molecular complexity index is 820. The van der Waals surface area contributed by atoms with Crippen molar-refractivity contribution in [2.45, 2.75) is 12.0 Å². The fourth-order valence-corrected chi connectivity index (χ4v) is 3.64. The third kappa shape index (κ3) is 3.50. The van der Waals surface area contributed by atoms with Gasteiger partial charge in [-0.2, -0.15) is 4.31 Å². The van der Waals surface area contributed by atoms with E-state index in [4.69, 9.17) is 9.15 Å². The van der Waals surface area contributed by atoms with Crippen LogP contribution in [0.3, 0.4) is 0 Å². The van der Waals surface area contributed by atoms with Crippen molar-refractivity contribution in [2.75, 3.05) is 31.6 Å². The molecule has 1 aliphatic rings. The Kier molecular flexibility index (Phi) is 4.70. The van der Waals surface area contributed by atoms with E-state index in [9.17, 15) is 13.2 Å². The van der Waals surface area contributed by atoms with Gasteiger partial charge < -0.3 is 14.5 Å². The van der Waals surface area contributed by atoms with Crippen LogP contribution in [0.5, 0.6) is 0 Å². The maximum absolute atomic E-state index is 12.5. The van der Waals surface area contributed by atoms with Crippen LogP contribution in [0.15, 0.2) is 45.9 Å². The number of morpholine rings is 1. The van der Waals surface area contributed by atoms with Crippen LogP contribution >= 0.6 is 0 Å². The number of furan rings is 1. The van der Waals surface area contributed by atoms with Crippen molar-refractivity contribution in [3.05, 3.63) is 47.7 Å². The number of benzene rings is 1. The fourth-order valence-electron chi connectivity index (χ4n) is 2.32. The summed E-state index contributed by atoms with van der Waals surface area (Å²) in [6, 6.07) is 9.92. The van der Waals surface area contributed by atoms with Crippen molar-refractivity contribution in [1.82, 2.24) is 4.31 Å². The summed E-state index contributed by atoms with van der Waals surface area (Å²) in [5.41, 5.74) is 1.68. The largest absolute Gasteiger partial charge is 0.438 e. The van der Waals surface area contributed by atoms with Crippen LogP contribution in [0.1, 0.15) is 16.1 Å². The second-order valence-corrected chi connectivity index (χ2v) is 7.32. The van der Waals surface area contributed by atoms with Crippen molar-refractivity contribution >= 4 is 21.6 Å². The van der Waals surface area contributed by atoms with Gasteiger partial charge >= 0.3 is 0 Å². The first-order valence-corrected chi connectivity index (χ1v) is 8.96. The minimum absolute atomic E-state index is 0.0533. The molecule has 1 fully saturated rings. The molecule has 1 aromatic heterocycles. The van der Waals surface area contributed by atoms with E-state index in [1.165, 1.54) is 16.4 Å². The SMILES string of the molecule is Cc1ccc(NC(=O)c2ccc(S(=O)(=O)N3CCOCC3)o2)cc1. The molecular weight excluding hydrogens is 332 g/mol. The molecule has 1 aliphatic heterocycles. The molecule has 1 amide bonds. The quantitative estimate of drug-likeness (QED) is 0.909. The van der Waals surface area contributed by atoms with Gasteiger partial charge in [0.1, 0.15) is 0 Å². The van der Waals surface area contributed by atoms with Crippen LogP contribution in [0.2, 0.25) is 0 Å². The summed E-state index contributed by atoms with van der Waals surface area (Å²) in [7, 11) is -3.75. The Morgan fingerprint density at radius 1 is 1.08 bits per heavy atom. The van der Waals surface area contributed by atoms with Gasteiger partial charge in [0.05, 0.1) is 13.2 Å². The monoisotopic (exact) mass is 350 g/mol. The second kappa shape index (κ2) is 6.76. The highest BCUT2D eigenvalue weighted by Crippen LogP contribution is 2.20. The first-order valence-electron chi connectivity index (χ1n) is 7.52. The number of nitrogens with one attached hydrogen (secondary N) is 1. The molecule has 8 heteroatoms. The molecular formula is C16H18N2O5S. The van der Waals surface area contributed by atoms with E-state index in [2.05, 4.69) is 5.32 Å². The zero-order valence-electron chi connectivity index (χ0n) is 13.2. The lowest BCUT2D eigenvalue weighted by atomic mass is 10.2. The van der Waals surface area contributed by atoms with Crippen LogP contribution in [0.4, 0.5) is 5.69 Å². The standard InChI is InChI=1S/C16H18N2O5S/c1-12-2-4-13(5-3-12)17-16(19)14-6-7-15(23-14)24(20,21)18-8-10-22-11-9-18/h2-7H,8-11H2,1H3,(H,17,19). The molecule has 0 saturated carbocycles. The summed E-state index contributed by atoms with van der Waals surface area (Å²) in [6.07, 6.45) is 0. The van der Waals surface area contributed by atoms with Crippen molar-refractivity contribution in [3.8, 4) is 0 Å². The summed E-state index contributed by atoms with van der Waals surface area (Å²) in [5, 5.41) is 2.43. The lowest BCUT2D eigenvalue weighted by Gasteiger charge is -2.24. The summed E-state index contributed by atoms with van der Waals surface area (Å²) in [4.78, 5) is 12.2. The van der Waals surface area contributed by atoms with Crippen LogP contribution in [-0.4, -0.2) is 44.9 Å². The summed E-state index contributed by atoms with van der Waals surface area (Å²) in [6.45, 7) is 3.18. The van der Waals surface area contributed by atoms with E-state index >= 15 is 0 Å². The Morgan fingerprint density at radius 2 is 1.75 bits per heavy atom. The molecule has 0 unspecified atom stereocenters. The first-order chi connectivity index (χ1) is 11.5. The number of sulfonamides is 1. The van der Waals surface area contributed by atoms with E-state index in [0.29, 0.717) is 18.9 Å². The lowest BCUT2D eigenvalue weighted by Crippen LogP contribution is -2.40. The molecule has 7 nitrogen and oxygen atoms in total. The van der Waals surface area contributed by atoms with Gasteiger partial charge in [-0.3, -0.25) is 4.79 Å². The van der Waals surface area contributed by atoms with Gasteiger partial charge in [0.25, 0.3) is 15.9 Å². The third-order valence-electron chi connectivity index (χ3n) is 3.68. The molecule has 0 radical (unpaired) electrons. The minimum atomic E-state index is -3.75. The molecule has 128 valence electrons. The molecule has 0 spiro atoms. The number of aryl methyl sites for hydroxylation is 1. The zero-order valence-corrected chi connectivity index (χ0v) is 14.0.